The van der Waals surface area contributed by atoms with Crippen LogP contribution in [-0.2, 0) is 14.3 Å². The molecular formula is C11H12ClN3O5. The lowest BCUT2D eigenvalue weighted by atomic mass is 10.1. The van der Waals surface area contributed by atoms with Gasteiger partial charge < -0.3 is 15.2 Å². The molecular weight excluding hydrogens is 290 g/mol. The lowest BCUT2D eigenvalue weighted by Gasteiger charge is -2.13. The average Bonchev–Trinajstić information content (AvgIpc) is 2.43. The van der Waals surface area contributed by atoms with Crippen molar-refractivity contribution in [2.45, 2.75) is 18.9 Å². The molecule has 20 heavy (non-hydrogen) atoms. The van der Waals surface area contributed by atoms with Crippen molar-refractivity contribution in [1.29, 1.82) is 0 Å². The fourth-order valence-corrected chi connectivity index (χ4v) is 1.38. The Morgan fingerprint density at radius 2 is 2.10 bits per heavy atom. The van der Waals surface area contributed by atoms with Crippen LogP contribution in [0.1, 0.15) is 23.3 Å². The van der Waals surface area contributed by atoms with Crippen LogP contribution in [0.15, 0.2) is 12.4 Å². The van der Waals surface area contributed by atoms with E-state index < -0.39 is 23.9 Å². The van der Waals surface area contributed by atoms with Crippen LogP contribution in [-0.4, -0.2) is 46.1 Å². The molecule has 0 saturated heterocycles. The van der Waals surface area contributed by atoms with Gasteiger partial charge in [-0.05, 0) is 6.42 Å². The number of ether oxygens (including phenoxy) is 1. The minimum Gasteiger partial charge on any atom is -0.480 e. The summed E-state index contributed by atoms with van der Waals surface area (Å²) in [5, 5.41) is 11.3. The number of esters is 1. The van der Waals surface area contributed by atoms with Crippen LogP contribution < -0.4 is 5.32 Å². The van der Waals surface area contributed by atoms with Crippen molar-refractivity contribution in [2.24, 2.45) is 0 Å². The molecule has 9 heteroatoms. The number of methoxy groups -OCH3 is 1. The van der Waals surface area contributed by atoms with E-state index in [-0.39, 0.29) is 23.7 Å². The number of carboxylic acid groups (broad SMARTS) is 1. The van der Waals surface area contributed by atoms with Gasteiger partial charge in [-0.1, -0.05) is 11.6 Å². The molecule has 0 saturated carbocycles. The van der Waals surface area contributed by atoms with E-state index in [1.807, 2.05) is 0 Å². The maximum atomic E-state index is 11.7. The van der Waals surface area contributed by atoms with Gasteiger partial charge in [0.15, 0.2) is 0 Å². The zero-order valence-corrected chi connectivity index (χ0v) is 11.3. The first-order valence-electron chi connectivity index (χ1n) is 5.52. The number of nitrogens with one attached hydrogen (secondary N) is 1. The predicted molar refractivity (Wildman–Crippen MR) is 67.2 cm³/mol. The van der Waals surface area contributed by atoms with Gasteiger partial charge in [-0.15, -0.1) is 0 Å². The largest absolute Gasteiger partial charge is 0.480 e. The van der Waals surface area contributed by atoms with Crippen molar-refractivity contribution in [3.63, 3.8) is 0 Å². The number of aromatic nitrogens is 2. The van der Waals surface area contributed by atoms with Gasteiger partial charge in [0, 0.05) is 6.42 Å². The van der Waals surface area contributed by atoms with Crippen LogP contribution in [0.4, 0.5) is 0 Å². The molecule has 8 nitrogen and oxygen atoms in total. The van der Waals surface area contributed by atoms with Gasteiger partial charge in [0.25, 0.3) is 5.91 Å². The van der Waals surface area contributed by atoms with Crippen LogP contribution in [0, 0.1) is 0 Å². The van der Waals surface area contributed by atoms with E-state index in [1.54, 1.807) is 0 Å². The maximum Gasteiger partial charge on any atom is 0.326 e. The fraction of sp³-hybridized carbons (Fsp3) is 0.364. The van der Waals surface area contributed by atoms with E-state index in [4.69, 9.17) is 16.7 Å². The van der Waals surface area contributed by atoms with Crippen molar-refractivity contribution >= 4 is 29.4 Å². The summed E-state index contributed by atoms with van der Waals surface area (Å²) in [5.74, 6) is -2.53. The highest BCUT2D eigenvalue weighted by Crippen LogP contribution is 2.04. The van der Waals surface area contributed by atoms with E-state index in [0.29, 0.717) is 0 Å². The van der Waals surface area contributed by atoms with Gasteiger partial charge >= 0.3 is 11.9 Å². The Morgan fingerprint density at radius 1 is 1.40 bits per heavy atom. The third-order valence-electron chi connectivity index (χ3n) is 2.32. The Labute approximate surface area is 119 Å². The Bertz CT molecular complexity index is 505. The molecule has 1 heterocycles. The molecule has 0 fully saturated rings. The molecule has 0 spiro atoms. The lowest BCUT2D eigenvalue weighted by Crippen LogP contribution is -2.41. The summed E-state index contributed by atoms with van der Waals surface area (Å²) in [6.45, 7) is 0. The highest BCUT2D eigenvalue weighted by Gasteiger charge is 2.22. The number of aliphatic carboxylic acids is 1. The number of carboxylic acids is 1. The number of carbonyl (C=O) groups is 3. The third-order valence-corrected chi connectivity index (χ3v) is 2.52. The van der Waals surface area contributed by atoms with Gasteiger partial charge in [0.1, 0.15) is 16.9 Å². The smallest absolute Gasteiger partial charge is 0.326 e. The first-order valence-corrected chi connectivity index (χ1v) is 5.90. The zero-order valence-electron chi connectivity index (χ0n) is 10.5. The lowest BCUT2D eigenvalue weighted by molar-refractivity contribution is -0.142. The van der Waals surface area contributed by atoms with E-state index in [2.05, 4.69) is 20.0 Å². The molecule has 1 atom stereocenters. The van der Waals surface area contributed by atoms with E-state index in [1.165, 1.54) is 13.3 Å². The van der Waals surface area contributed by atoms with Crippen LogP contribution in [0.2, 0.25) is 5.15 Å². The molecule has 1 aromatic heterocycles. The summed E-state index contributed by atoms with van der Waals surface area (Å²) < 4.78 is 4.40. The number of amides is 1. The second-order valence-corrected chi connectivity index (χ2v) is 4.09. The Kier molecular flexibility index (Phi) is 5.85. The van der Waals surface area contributed by atoms with Crippen molar-refractivity contribution in [1.82, 2.24) is 15.3 Å². The molecule has 0 aliphatic rings. The van der Waals surface area contributed by atoms with Crippen LogP contribution in [0.3, 0.4) is 0 Å². The molecule has 108 valence electrons. The highest BCUT2D eigenvalue weighted by molar-refractivity contribution is 6.29. The van der Waals surface area contributed by atoms with Gasteiger partial charge in [-0.2, -0.15) is 0 Å². The number of hydrogen-bond acceptors (Lipinski definition) is 6. The summed E-state index contributed by atoms with van der Waals surface area (Å²) in [5.41, 5.74) is -0.0706. The van der Waals surface area contributed by atoms with E-state index in [0.717, 1.165) is 6.20 Å². The highest BCUT2D eigenvalue weighted by atomic mass is 35.5. The SMILES string of the molecule is COC(=O)CCC(NC(=O)c1cnc(Cl)cn1)C(=O)O. The molecule has 1 unspecified atom stereocenters. The van der Waals surface area contributed by atoms with Gasteiger partial charge in [0.05, 0.1) is 19.5 Å². The second-order valence-electron chi connectivity index (χ2n) is 3.70. The standard InChI is InChI=1S/C11H12ClN3O5/c1-20-9(16)3-2-6(11(18)19)15-10(17)7-4-14-8(12)5-13-7/h4-6H,2-3H2,1H3,(H,15,17)(H,18,19). The zero-order chi connectivity index (χ0) is 15.1. The molecule has 0 radical (unpaired) electrons. The molecule has 0 aliphatic carbocycles. The first kappa shape index (κ1) is 15.8. The van der Waals surface area contributed by atoms with E-state index >= 15 is 0 Å². The van der Waals surface area contributed by atoms with Crippen molar-refractivity contribution in [3.8, 4) is 0 Å². The summed E-state index contributed by atoms with van der Waals surface area (Å²) in [6, 6.07) is -1.22. The Hall–Kier alpha value is -2.22. The molecule has 1 rings (SSSR count). The minimum atomic E-state index is -1.26. The predicted octanol–water partition coefficient (Wildman–Crippen LogP) is 0.266. The minimum absolute atomic E-state index is 0.0706. The van der Waals surface area contributed by atoms with Crippen molar-refractivity contribution in [3.05, 3.63) is 23.2 Å². The number of nitrogens with zero attached hydrogens (tertiary/aromatic N) is 2. The van der Waals surface area contributed by atoms with Crippen LogP contribution in [0.5, 0.6) is 0 Å². The monoisotopic (exact) mass is 301 g/mol. The van der Waals surface area contributed by atoms with Crippen molar-refractivity contribution < 1.29 is 24.2 Å². The topological polar surface area (TPSA) is 118 Å². The van der Waals surface area contributed by atoms with Gasteiger partial charge in [0.2, 0.25) is 0 Å². The number of hydrogen-bond donors (Lipinski definition) is 2. The summed E-state index contributed by atoms with van der Waals surface area (Å²) in [7, 11) is 1.19. The Balaban J connectivity index is 2.65. The average molecular weight is 302 g/mol. The first-order chi connectivity index (χ1) is 9.43. The molecule has 0 aromatic carbocycles. The number of rotatable bonds is 6. The summed E-state index contributed by atoms with van der Waals surface area (Å²) >= 11 is 5.52. The Morgan fingerprint density at radius 3 is 2.60 bits per heavy atom. The van der Waals surface area contributed by atoms with Gasteiger partial charge in [-0.3, -0.25) is 9.59 Å². The van der Waals surface area contributed by atoms with Gasteiger partial charge in [-0.25, -0.2) is 14.8 Å². The molecule has 1 amide bonds. The molecule has 0 bridgehead atoms. The third kappa shape index (κ3) is 4.81. The second kappa shape index (κ2) is 7.39. The molecule has 0 aliphatic heterocycles. The van der Waals surface area contributed by atoms with Crippen LogP contribution in [0.25, 0.3) is 0 Å². The molecule has 1 aromatic rings. The number of halogens is 1. The summed E-state index contributed by atoms with van der Waals surface area (Å²) in [4.78, 5) is 41.1. The normalized spacial score (nSPS) is 11.5. The van der Waals surface area contributed by atoms with Crippen LogP contribution >= 0.6 is 11.6 Å². The number of carbonyl (C=O) groups excluding carboxylic acids is 2. The summed E-state index contributed by atoms with van der Waals surface area (Å²) in [6.07, 6.45) is 2.08. The fourth-order valence-electron chi connectivity index (χ4n) is 1.28. The quantitative estimate of drug-likeness (QED) is 0.724. The molecule has 2 N–H and O–H groups in total. The maximum absolute atomic E-state index is 11.7. The van der Waals surface area contributed by atoms with Crippen molar-refractivity contribution in [2.75, 3.05) is 7.11 Å². The van der Waals surface area contributed by atoms with E-state index in [9.17, 15) is 14.4 Å².